The predicted octanol–water partition coefficient (Wildman–Crippen LogP) is 2.62. The van der Waals surface area contributed by atoms with Crippen molar-refractivity contribution in [2.75, 3.05) is 24.4 Å². The number of epoxide rings is 1. The molecule has 144 valence electrons. The van der Waals surface area contributed by atoms with Crippen molar-refractivity contribution in [2.45, 2.75) is 19.3 Å². The van der Waals surface area contributed by atoms with Gasteiger partial charge in [-0.3, -0.25) is 14.5 Å². The molecule has 2 aromatic carbocycles. The zero-order chi connectivity index (χ0) is 19.8. The average Bonchev–Trinajstić information content (AvgIpc) is 3.43. The van der Waals surface area contributed by atoms with Crippen LogP contribution in [0.5, 0.6) is 0 Å². The first-order valence-electron chi connectivity index (χ1n) is 9.12. The summed E-state index contributed by atoms with van der Waals surface area (Å²) in [4.78, 5) is 27.6. The summed E-state index contributed by atoms with van der Waals surface area (Å²) < 4.78 is 5.65. The topological polar surface area (TPSA) is 77.5 Å². The Bertz CT molecular complexity index is 942. The van der Waals surface area contributed by atoms with Crippen molar-refractivity contribution < 1.29 is 14.3 Å². The van der Waals surface area contributed by atoms with Gasteiger partial charge in [-0.05, 0) is 50.8 Å². The number of likely N-dealkylation sites (N-methyl/N-ethyl adjacent to an activating group) is 1. The minimum absolute atomic E-state index is 0.00293. The highest BCUT2D eigenvalue weighted by Crippen LogP contribution is 2.40. The highest BCUT2D eigenvalue weighted by molar-refractivity contribution is 6.28. The molecule has 7 heteroatoms. The SMILES string of the molecule is CC1=NN(c2ccccc2)C(=O)C1C(=O)Nc1cccc(C2OC2N(C)C)c1. The number of ether oxygens (including phenoxy) is 1. The summed E-state index contributed by atoms with van der Waals surface area (Å²) >= 11 is 0. The Morgan fingerprint density at radius 1 is 1.14 bits per heavy atom. The number of nitrogens with zero attached hydrogens (tertiary/aromatic N) is 3. The fraction of sp³-hybridized carbons (Fsp3) is 0.286. The molecule has 0 aliphatic carbocycles. The predicted molar refractivity (Wildman–Crippen MR) is 107 cm³/mol. The van der Waals surface area contributed by atoms with E-state index in [9.17, 15) is 9.59 Å². The van der Waals surface area contributed by atoms with E-state index in [0.29, 0.717) is 17.1 Å². The second-order valence-corrected chi connectivity index (χ2v) is 7.19. The summed E-state index contributed by atoms with van der Waals surface area (Å²) in [5, 5.41) is 8.42. The Hall–Kier alpha value is -3.03. The van der Waals surface area contributed by atoms with Gasteiger partial charge < -0.3 is 10.1 Å². The van der Waals surface area contributed by atoms with Crippen molar-refractivity contribution in [3.63, 3.8) is 0 Å². The Labute approximate surface area is 163 Å². The molecule has 0 radical (unpaired) electrons. The van der Waals surface area contributed by atoms with E-state index in [2.05, 4.69) is 10.4 Å². The fourth-order valence-electron chi connectivity index (χ4n) is 3.37. The van der Waals surface area contributed by atoms with Gasteiger partial charge in [-0.15, -0.1) is 0 Å². The Kier molecular flexibility index (Phi) is 4.70. The maximum absolute atomic E-state index is 12.8. The van der Waals surface area contributed by atoms with Crippen LogP contribution in [-0.4, -0.2) is 42.7 Å². The van der Waals surface area contributed by atoms with Gasteiger partial charge in [0.15, 0.2) is 5.92 Å². The molecule has 3 unspecified atom stereocenters. The molecule has 3 atom stereocenters. The van der Waals surface area contributed by atoms with Gasteiger partial charge in [-0.25, -0.2) is 0 Å². The minimum atomic E-state index is -0.935. The summed E-state index contributed by atoms with van der Waals surface area (Å²) in [5.74, 6) is -1.67. The molecular formula is C21H22N4O3. The third-order valence-electron chi connectivity index (χ3n) is 4.85. The number of carbonyl (C=O) groups is 2. The van der Waals surface area contributed by atoms with E-state index in [0.717, 1.165) is 5.56 Å². The molecule has 2 aliphatic heterocycles. The van der Waals surface area contributed by atoms with Gasteiger partial charge in [0.05, 0.1) is 11.4 Å². The van der Waals surface area contributed by atoms with Crippen molar-refractivity contribution >= 4 is 28.9 Å². The van der Waals surface area contributed by atoms with Crippen LogP contribution in [0.4, 0.5) is 11.4 Å². The van der Waals surface area contributed by atoms with Gasteiger partial charge in [0.2, 0.25) is 5.91 Å². The third-order valence-corrected chi connectivity index (χ3v) is 4.85. The largest absolute Gasteiger partial charge is 0.348 e. The molecule has 1 fully saturated rings. The number of hydrogen-bond acceptors (Lipinski definition) is 5. The Morgan fingerprint density at radius 3 is 2.57 bits per heavy atom. The lowest BCUT2D eigenvalue weighted by molar-refractivity contribution is -0.127. The molecule has 0 saturated carbocycles. The van der Waals surface area contributed by atoms with E-state index in [1.165, 1.54) is 5.01 Å². The summed E-state index contributed by atoms with van der Waals surface area (Å²) in [5.41, 5.74) is 2.74. The van der Waals surface area contributed by atoms with Crippen LogP contribution in [-0.2, 0) is 14.3 Å². The standard InChI is InChI=1S/C21H22N4O3/c1-13-17(20(27)25(23-13)16-10-5-4-6-11-16)19(26)22-15-9-7-8-14(12-15)18-21(28-18)24(2)3/h4-12,17-18,21H,1-3H3,(H,22,26). The second kappa shape index (κ2) is 7.18. The Morgan fingerprint density at radius 2 is 1.89 bits per heavy atom. The van der Waals surface area contributed by atoms with Crippen LogP contribution in [0.25, 0.3) is 0 Å². The summed E-state index contributed by atoms with van der Waals surface area (Å²) in [6, 6.07) is 16.6. The lowest BCUT2D eigenvalue weighted by Crippen LogP contribution is -2.36. The van der Waals surface area contributed by atoms with Crippen molar-refractivity contribution in [3.8, 4) is 0 Å². The molecule has 1 saturated heterocycles. The van der Waals surface area contributed by atoms with Gasteiger partial charge in [0, 0.05) is 5.69 Å². The Balaban J connectivity index is 1.47. The number of carbonyl (C=O) groups excluding carboxylic acids is 2. The van der Waals surface area contributed by atoms with Crippen LogP contribution in [0.3, 0.4) is 0 Å². The van der Waals surface area contributed by atoms with Crippen LogP contribution < -0.4 is 10.3 Å². The van der Waals surface area contributed by atoms with Crippen LogP contribution in [0.1, 0.15) is 18.6 Å². The fourth-order valence-corrected chi connectivity index (χ4v) is 3.37. The van der Waals surface area contributed by atoms with E-state index in [-0.39, 0.29) is 24.1 Å². The van der Waals surface area contributed by atoms with E-state index in [1.807, 2.05) is 55.4 Å². The molecule has 2 aromatic rings. The zero-order valence-electron chi connectivity index (χ0n) is 16.0. The van der Waals surface area contributed by atoms with Crippen molar-refractivity contribution in [1.29, 1.82) is 0 Å². The first-order chi connectivity index (χ1) is 13.5. The van der Waals surface area contributed by atoms with E-state index in [4.69, 9.17) is 4.74 Å². The number of anilines is 2. The molecule has 7 nitrogen and oxygen atoms in total. The molecule has 2 aliphatic rings. The van der Waals surface area contributed by atoms with Crippen LogP contribution >= 0.6 is 0 Å². The molecule has 0 bridgehead atoms. The lowest BCUT2D eigenvalue weighted by Gasteiger charge is -2.14. The smallest absolute Gasteiger partial charge is 0.265 e. The third kappa shape index (κ3) is 3.42. The molecular weight excluding hydrogens is 356 g/mol. The number of benzene rings is 2. The van der Waals surface area contributed by atoms with Gasteiger partial charge >= 0.3 is 0 Å². The zero-order valence-corrected chi connectivity index (χ0v) is 16.0. The van der Waals surface area contributed by atoms with Crippen LogP contribution in [0.2, 0.25) is 0 Å². The quantitative estimate of drug-likeness (QED) is 0.641. The normalized spacial score (nSPS) is 23.7. The molecule has 28 heavy (non-hydrogen) atoms. The van der Waals surface area contributed by atoms with Gasteiger partial charge in [0.1, 0.15) is 12.3 Å². The van der Waals surface area contributed by atoms with Crippen LogP contribution in [0, 0.1) is 5.92 Å². The second-order valence-electron chi connectivity index (χ2n) is 7.19. The van der Waals surface area contributed by atoms with Crippen LogP contribution in [0.15, 0.2) is 59.7 Å². The molecule has 0 spiro atoms. The van der Waals surface area contributed by atoms with Crippen molar-refractivity contribution in [3.05, 3.63) is 60.2 Å². The average molecular weight is 378 g/mol. The van der Waals surface area contributed by atoms with E-state index in [1.54, 1.807) is 25.1 Å². The lowest BCUT2D eigenvalue weighted by atomic mass is 10.0. The number of rotatable bonds is 5. The molecule has 2 amide bonds. The number of nitrogens with one attached hydrogen (secondary N) is 1. The van der Waals surface area contributed by atoms with Gasteiger partial charge in [-0.1, -0.05) is 30.3 Å². The van der Waals surface area contributed by atoms with Crippen molar-refractivity contribution in [1.82, 2.24) is 4.90 Å². The maximum Gasteiger partial charge on any atom is 0.265 e. The number of amides is 2. The van der Waals surface area contributed by atoms with E-state index >= 15 is 0 Å². The highest BCUT2D eigenvalue weighted by Gasteiger charge is 2.42. The summed E-state index contributed by atoms with van der Waals surface area (Å²) in [7, 11) is 3.92. The number of hydrogen-bond donors (Lipinski definition) is 1. The highest BCUT2D eigenvalue weighted by atomic mass is 16.6. The minimum Gasteiger partial charge on any atom is -0.348 e. The molecule has 1 N–H and O–H groups in total. The van der Waals surface area contributed by atoms with Crippen molar-refractivity contribution in [2.24, 2.45) is 11.0 Å². The van der Waals surface area contributed by atoms with E-state index < -0.39 is 5.92 Å². The maximum atomic E-state index is 12.8. The number of hydrazone groups is 1. The molecule has 0 aromatic heterocycles. The monoisotopic (exact) mass is 378 g/mol. The first kappa shape index (κ1) is 18.3. The number of para-hydroxylation sites is 1. The van der Waals surface area contributed by atoms with Gasteiger partial charge in [-0.2, -0.15) is 10.1 Å². The molecule has 4 rings (SSSR count). The summed E-state index contributed by atoms with van der Waals surface area (Å²) in [6.07, 6.45) is 0.0491. The first-order valence-corrected chi connectivity index (χ1v) is 9.12. The summed E-state index contributed by atoms with van der Waals surface area (Å²) in [6.45, 7) is 1.70. The van der Waals surface area contributed by atoms with Gasteiger partial charge in [0.25, 0.3) is 5.91 Å². The molecule has 2 heterocycles.